The Morgan fingerprint density at radius 1 is 1.19 bits per heavy atom. The second-order valence-electron chi connectivity index (χ2n) is 6.61. The van der Waals surface area contributed by atoms with E-state index in [1.807, 2.05) is 0 Å². The fourth-order valence-electron chi connectivity index (χ4n) is 3.36. The minimum absolute atomic E-state index is 0.0972. The minimum atomic E-state index is -4.10. The van der Waals surface area contributed by atoms with Crippen LogP contribution in [0.25, 0.3) is 10.8 Å². The highest BCUT2D eigenvalue weighted by molar-refractivity contribution is 5.96. The molecular weight excluding hydrogens is 347 g/mol. The van der Waals surface area contributed by atoms with Crippen LogP contribution in [0.15, 0.2) is 30.5 Å². The summed E-state index contributed by atoms with van der Waals surface area (Å²) in [5.41, 5.74) is 0.433. The van der Waals surface area contributed by atoms with Gasteiger partial charge in [-0.25, -0.2) is 9.78 Å². The molecule has 0 bridgehead atoms. The Morgan fingerprint density at radius 2 is 1.92 bits per heavy atom. The van der Waals surface area contributed by atoms with Crippen molar-refractivity contribution in [2.24, 2.45) is 11.8 Å². The van der Waals surface area contributed by atoms with E-state index in [1.165, 1.54) is 7.11 Å². The molecule has 0 aliphatic heterocycles. The van der Waals surface area contributed by atoms with Gasteiger partial charge in [-0.05, 0) is 61.3 Å². The molecule has 1 fully saturated rings. The maximum atomic E-state index is 12.7. The number of methoxy groups -OCH3 is 1. The van der Waals surface area contributed by atoms with E-state index in [9.17, 15) is 18.0 Å². The van der Waals surface area contributed by atoms with Gasteiger partial charge in [0.25, 0.3) is 0 Å². The maximum Gasteiger partial charge on any atom is 0.391 e. The van der Waals surface area contributed by atoms with Gasteiger partial charge in [0.1, 0.15) is 0 Å². The number of hydrogen-bond acceptors (Lipinski definition) is 4. The van der Waals surface area contributed by atoms with Crippen molar-refractivity contribution < 1.29 is 27.4 Å². The molecule has 1 aromatic heterocycles. The lowest BCUT2D eigenvalue weighted by atomic mass is 9.82. The van der Waals surface area contributed by atoms with Crippen molar-refractivity contribution in [3.05, 3.63) is 36.0 Å². The average Bonchev–Trinajstić information content (AvgIpc) is 2.64. The molecule has 0 atom stereocenters. The standard InChI is InChI=1S/C19H20F3NO3/c1-25-18(24)14-4-7-16-13(10-14)8-9-23-17(16)26-11-12-2-5-15(6-3-12)19(20,21)22/h4,7-10,12,15H,2-3,5-6,11H2,1H3. The number of hydrogen-bond donors (Lipinski definition) is 0. The molecule has 2 aromatic rings. The van der Waals surface area contributed by atoms with E-state index < -0.39 is 18.1 Å². The van der Waals surface area contributed by atoms with Crippen molar-refractivity contribution in [1.29, 1.82) is 0 Å². The molecule has 0 unspecified atom stereocenters. The Morgan fingerprint density at radius 3 is 2.58 bits per heavy atom. The zero-order valence-corrected chi connectivity index (χ0v) is 14.4. The maximum absolute atomic E-state index is 12.7. The number of alkyl halides is 3. The SMILES string of the molecule is COC(=O)c1ccc2c(OCC3CCC(C(F)(F)F)CC3)nccc2c1. The number of nitrogens with zero attached hydrogens (tertiary/aromatic N) is 1. The van der Waals surface area contributed by atoms with Gasteiger partial charge in [0.05, 0.1) is 25.2 Å². The van der Waals surface area contributed by atoms with Crippen LogP contribution in [0.5, 0.6) is 5.88 Å². The first-order chi connectivity index (χ1) is 12.4. The van der Waals surface area contributed by atoms with E-state index in [0.717, 1.165) is 10.8 Å². The summed E-state index contributed by atoms with van der Waals surface area (Å²) in [4.78, 5) is 15.8. The molecule has 4 nitrogen and oxygen atoms in total. The summed E-state index contributed by atoms with van der Waals surface area (Å²) in [7, 11) is 1.32. The Balaban J connectivity index is 1.65. The molecule has 7 heteroatoms. The number of carbonyl (C=O) groups is 1. The van der Waals surface area contributed by atoms with Gasteiger partial charge in [-0.1, -0.05) is 0 Å². The number of ether oxygens (including phenoxy) is 2. The third-order valence-electron chi connectivity index (χ3n) is 4.91. The molecule has 0 N–H and O–H groups in total. The minimum Gasteiger partial charge on any atom is -0.477 e. The fourth-order valence-corrected chi connectivity index (χ4v) is 3.36. The Hall–Kier alpha value is -2.31. The zero-order chi connectivity index (χ0) is 18.7. The van der Waals surface area contributed by atoms with Gasteiger partial charge in [-0.2, -0.15) is 13.2 Å². The van der Waals surface area contributed by atoms with Crippen molar-refractivity contribution in [3.63, 3.8) is 0 Å². The third kappa shape index (κ3) is 4.08. The zero-order valence-electron chi connectivity index (χ0n) is 14.4. The highest BCUT2D eigenvalue weighted by atomic mass is 19.4. The third-order valence-corrected chi connectivity index (χ3v) is 4.91. The number of halogens is 3. The first kappa shape index (κ1) is 18.5. The average molecular weight is 367 g/mol. The topological polar surface area (TPSA) is 48.4 Å². The van der Waals surface area contributed by atoms with Crippen LogP contribution in [0.1, 0.15) is 36.0 Å². The summed E-state index contributed by atoms with van der Waals surface area (Å²) in [6, 6.07) is 6.84. The lowest BCUT2D eigenvalue weighted by Crippen LogP contribution is -2.29. The van der Waals surface area contributed by atoms with Gasteiger partial charge in [0.15, 0.2) is 0 Å². The molecule has 26 heavy (non-hydrogen) atoms. The summed E-state index contributed by atoms with van der Waals surface area (Å²) >= 11 is 0. The van der Waals surface area contributed by atoms with Gasteiger partial charge < -0.3 is 9.47 Å². The Kier molecular flexibility index (Phi) is 5.34. The molecule has 0 amide bonds. The molecule has 0 saturated heterocycles. The van der Waals surface area contributed by atoms with E-state index >= 15 is 0 Å². The van der Waals surface area contributed by atoms with Crippen LogP contribution in [0, 0.1) is 11.8 Å². The summed E-state index contributed by atoms with van der Waals surface area (Å²) in [5.74, 6) is -1.09. The van der Waals surface area contributed by atoms with Crippen LogP contribution in [0.3, 0.4) is 0 Å². The predicted octanol–water partition coefficient (Wildman–Crippen LogP) is 4.77. The van der Waals surface area contributed by atoms with E-state index in [4.69, 9.17) is 9.47 Å². The summed E-state index contributed by atoms with van der Waals surface area (Å²) in [6.07, 6.45) is -1.20. The molecular formula is C19H20F3NO3. The van der Waals surface area contributed by atoms with Crippen molar-refractivity contribution >= 4 is 16.7 Å². The van der Waals surface area contributed by atoms with Crippen molar-refractivity contribution in [2.45, 2.75) is 31.9 Å². The van der Waals surface area contributed by atoms with Gasteiger partial charge in [-0.15, -0.1) is 0 Å². The monoisotopic (exact) mass is 367 g/mol. The normalized spacial score (nSPS) is 20.8. The molecule has 1 aliphatic rings. The van der Waals surface area contributed by atoms with E-state index in [0.29, 0.717) is 30.9 Å². The van der Waals surface area contributed by atoms with Crippen molar-refractivity contribution in [3.8, 4) is 5.88 Å². The van der Waals surface area contributed by atoms with Crippen LogP contribution in [-0.2, 0) is 4.74 Å². The second-order valence-corrected chi connectivity index (χ2v) is 6.61. The Bertz CT molecular complexity index is 783. The number of esters is 1. The van der Waals surface area contributed by atoms with Gasteiger partial charge in [0.2, 0.25) is 5.88 Å². The van der Waals surface area contributed by atoms with Crippen molar-refractivity contribution in [1.82, 2.24) is 4.98 Å². The van der Waals surface area contributed by atoms with Crippen LogP contribution in [0.4, 0.5) is 13.2 Å². The molecule has 1 aliphatic carbocycles. The number of pyridine rings is 1. The molecule has 140 valence electrons. The van der Waals surface area contributed by atoms with Crippen LogP contribution < -0.4 is 4.74 Å². The summed E-state index contributed by atoms with van der Waals surface area (Å²) in [5, 5.41) is 1.54. The van der Waals surface area contributed by atoms with Gasteiger partial charge in [-0.3, -0.25) is 0 Å². The second kappa shape index (κ2) is 7.51. The van der Waals surface area contributed by atoms with Crippen LogP contribution >= 0.6 is 0 Å². The van der Waals surface area contributed by atoms with E-state index in [2.05, 4.69) is 4.98 Å². The van der Waals surface area contributed by atoms with Crippen LogP contribution in [0.2, 0.25) is 0 Å². The lowest BCUT2D eigenvalue weighted by molar-refractivity contribution is -0.184. The molecule has 0 radical (unpaired) electrons. The number of fused-ring (bicyclic) bond motifs is 1. The summed E-state index contributed by atoms with van der Waals surface area (Å²) in [6.45, 7) is 0.343. The van der Waals surface area contributed by atoms with E-state index in [1.54, 1.807) is 30.5 Å². The highest BCUT2D eigenvalue weighted by Crippen LogP contribution is 2.39. The molecule has 3 rings (SSSR count). The van der Waals surface area contributed by atoms with Gasteiger partial charge >= 0.3 is 12.1 Å². The molecule has 1 aromatic carbocycles. The van der Waals surface area contributed by atoms with Crippen LogP contribution in [-0.4, -0.2) is 30.8 Å². The quantitative estimate of drug-likeness (QED) is 0.731. The molecule has 1 saturated carbocycles. The number of benzene rings is 1. The fraction of sp³-hybridized carbons (Fsp3) is 0.474. The van der Waals surface area contributed by atoms with Gasteiger partial charge in [0, 0.05) is 11.6 Å². The first-order valence-electron chi connectivity index (χ1n) is 8.55. The lowest BCUT2D eigenvalue weighted by Gasteiger charge is -2.29. The number of aromatic nitrogens is 1. The first-order valence-corrected chi connectivity index (χ1v) is 8.55. The van der Waals surface area contributed by atoms with E-state index in [-0.39, 0.29) is 18.8 Å². The van der Waals surface area contributed by atoms with Crippen molar-refractivity contribution in [2.75, 3.05) is 13.7 Å². The number of rotatable bonds is 4. The Labute approximate surface area is 149 Å². The summed E-state index contributed by atoms with van der Waals surface area (Å²) < 4.78 is 48.7. The predicted molar refractivity (Wildman–Crippen MR) is 90.1 cm³/mol. The molecule has 1 heterocycles. The molecule has 0 spiro atoms. The highest BCUT2D eigenvalue weighted by Gasteiger charge is 2.41. The largest absolute Gasteiger partial charge is 0.477 e. The number of carbonyl (C=O) groups excluding carboxylic acids is 1. The smallest absolute Gasteiger partial charge is 0.391 e.